The maximum Gasteiger partial charge on any atom is 0.407 e. The fourth-order valence-electron chi connectivity index (χ4n) is 4.59. The van der Waals surface area contributed by atoms with Crippen LogP contribution in [0.4, 0.5) is 15.3 Å². The van der Waals surface area contributed by atoms with Crippen LogP contribution in [0.1, 0.15) is 68.9 Å². The number of ether oxygens (including phenoxy) is 1. The molecule has 0 aliphatic carbocycles. The number of nitrogens with one attached hydrogen (secondary N) is 5. The number of amides is 4. The number of urea groups is 1. The summed E-state index contributed by atoms with van der Waals surface area (Å²) in [5.41, 5.74) is 0.151. The molecule has 1 aliphatic rings. The number of imide groups is 1. The molecular formula is C30H38N6O6S2. The lowest BCUT2D eigenvalue weighted by Crippen LogP contribution is -2.47. The maximum absolute atomic E-state index is 13.6. The number of hydrogen-bond donors (Lipinski definition) is 5. The molecule has 14 heteroatoms. The average molecular weight is 643 g/mol. The van der Waals surface area contributed by atoms with E-state index < -0.39 is 33.6 Å². The van der Waals surface area contributed by atoms with E-state index in [1.54, 1.807) is 83.3 Å². The van der Waals surface area contributed by atoms with Gasteiger partial charge < -0.3 is 20.7 Å². The van der Waals surface area contributed by atoms with Crippen molar-refractivity contribution >= 4 is 45.1 Å². The van der Waals surface area contributed by atoms with Crippen LogP contribution in [0, 0.1) is 0 Å². The molecule has 1 aliphatic heterocycles. The Labute approximate surface area is 261 Å². The summed E-state index contributed by atoms with van der Waals surface area (Å²) in [7, 11) is -4.04. The number of anilines is 1. The van der Waals surface area contributed by atoms with Crippen LogP contribution >= 0.6 is 11.3 Å². The van der Waals surface area contributed by atoms with Gasteiger partial charge in [-0.05, 0) is 71.7 Å². The van der Waals surface area contributed by atoms with Gasteiger partial charge in [-0.1, -0.05) is 24.3 Å². The number of carbonyl (C=O) groups excluding carboxylic acids is 3. The first-order chi connectivity index (χ1) is 20.7. The van der Waals surface area contributed by atoms with Crippen molar-refractivity contribution in [2.24, 2.45) is 0 Å². The monoisotopic (exact) mass is 642 g/mol. The first-order valence-electron chi connectivity index (χ1n) is 14.2. The second-order valence-electron chi connectivity index (χ2n) is 11.7. The van der Waals surface area contributed by atoms with E-state index in [0.29, 0.717) is 22.5 Å². The maximum atomic E-state index is 13.6. The van der Waals surface area contributed by atoms with Gasteiger partial charge in [-0.3, -0.25) is 10.1 Å². The van der Waals surface area contributed by atoms with E-state index in [1.165, 1.54) is 17.4 Å². The third kappa shape index (κ3) is 9.08. The van der Waals surface area contributed by atoms with Crippen LogP contribution in [0.25, 0.3) is 10.4 Å². The van der Waals surface area contributed by atoms with E-state index in [9.17, 15) is 22.8 Å². The molecule has 1 saturated heterocycles. The summed E-state index contributed by atoms with van der Waals surface area (Å²) in [4.78, 5) is 42.1. The number of alkyl carbamates (subject to hydrolysis) is 1. The molecule has 236 valence electrons. The van der Waals surface area contributed by atoms with Gasteiger partial charge in [-0.25, -0.2) is 27.7 Å². The quantitative estimate of drug-likeness (QED) is 0.234. The molecule has 1 aromatic heterocycles. The van der Waals surface area contributed by atoms with Crippen LogP contribution in [0.15, 0.2) is 59.6 Å². The van der Waals surface area contributed by atoms with E-state index in [2.05, 4.69) is 31.0 Å². The standard InChI is InChI=1S/C30H38N6O6S2/c1-18(2)42-29(39)34-21-12-14-23(31-16-21)27-32-17-24(43-27)22-13-11-20(15-25(22)44(40,41)36-30(3,4)5)33-28(38)35-26(37)19-9-7-6-8-10-19/h6-11,13,15,17-18,21,23,31,36H,12,14,16H2,1-5H3,(H,34,39)(H2,33,35,37,38)/t21-,23+/m1/s1. The zero-order valence-electron chi connectivity index (χ0n) is 25.3. The summed E-state index contributed by atoms with van der Waals surface area (Å²) in [6.45, 7) is 9.33. The highest BCUT2D eigenvalue weighted by atomic mass is 32.2. The van der Waals surface area contributed by atoms with Gasteiger partial charge in [0.2, 0.25) is 10.0 Å². The van der Waals surface area contributed by atoms with Crippen LogP contribution in [-0.2, 0) is 14.8 Å². The van der Waals surface area contributed by atoms with Gasteiger partial charge in [0.15, 0.2) is 0 Å². The van der Waals surface area contributed by atoms with Crippen LogP contribution in [-0.4, -0.2) is 55.7 Å². The molecule has 5 N–H and O–H groups in total. The molecule has 0 saturated carbocycles. The number of piperidine rings is 1. The molecule has 0 radical (unpaired) electrons. The normalized spacial score (nSPS) is 17.1. The van der Waals surface area contributed by atoms with E-state index in [1.807, 2.05) is 0 Å². The van der Waals surface area contributed by atoms with Gasteiger partial charge in [0, 0.05) is 41.1 Å². The van der Waals surface area contributed by atoms with Gasteiger partial charge >= 0.3 is 12.1 Å². The predicted molar refractivity (Wildman–Crippen MR) is 169 cm³/mol. The second-order valence-corrected chi connectivity index (χ2v) is 14.5. The lowest BCUT2D eigenvalue weighted by Gasteiger charge is -2.29. The molecule has 0 spiro atoms. The van der Waals surface area contributed by atoms with Crippen LogP contribution in [0.5, 0.6) is 0 Å². The number of nitrogens with zero attached hydrogens (tertiary/aromatic N) is 1. The average Bonchev–Trinajstić information content (AvgIpc) is 3.42. The number of thiazole rings is 1. The molecule has 1 fully saturated rings. The van der Waals surface area contributed by atoms with Crippen LogP contribution < -0.4 is 26.0 Å². The minimum Gasteiger partial charge on any atom is -0.447 e. The zero-order valence-corrected chi connectivity index (χ0v) is 26.9. The number of rotatable bonds is 8. The summed E-state index contributed by atoms with van der Waals surface area (Å²) in [6.07, 6.45) is 2.43. The molecular weight excluding hydrogens is 605 g/mol. The minimum atomic E-state index is -4.04. The number of hydrogen-bond acceptors (Lipinski definition) is 9. The Morgan fingerprint density at radius 2 is 1.80 bits per heavy atom. The predicted octanol–water partition coefficient (Wildman–Crippen LogP) is 4.78. The highest BCUT2D eigenvalue weighted by Gasteiger charge is 2.29. The molecule has 4 rings (SSSR count). The Bertz CT molecular complexity index is 1590. The van der Waals surface area contributed by atoms with Gasteiger partial charge in [0.05, 0.1) is 21.9 Å². The minimum absolute atomic E-state index is 0.0423. The van der Waals surface area contributed by atoms with E-state index in [0.717, 1.165) is 17.8 Å². The van der Waals surface area contributed by atoms with E-state index in [-0.39, 0.29) is 28.8 Å². The summed E-state index contributed by atoms with van der Waals surface area (Å²) >= 11 is 1.37. The van der Waals surface area contributed by atoms with Crippen LogP contribution in [0.2, 0.25) is 0 Å². The highest BCUT2D eigenvalue weighted by Crippen LogP contribution is 2.37. The van der Waals surface area contributed by atoms with Gasteiger partial charge in [-0.15, -0.1) is 11.3 Å². The highest BCUT2D eigenvalue weighted by molar-refractivity contribution is 7.89. The van der Waals surface area contributed by atoms with Gasteiger partial charge in [0.1, 0.15) is 5.01 Å². The Kier molecular flexibility index (Phi) is 10.4. The largest absolute Gasteiger partial charge is 0.447 e. The number of sulfonamides is 1. The first-order valence-corrected chi connectivity index (χ1v) is 16.5. The van der Waals surface area contributed by atoms with Crippen molar-refractivity contribution in [1.82, 2.24) is 25.7 Å². The second kappa shape index (κ2) is 13.8. The summed E-state index contributed by atoms with van der Waals surface area (Å²) in [5, 5.41) is 11.9. The Morgan fingerprint density at radius 1 is 1.07 bits per heavy atom. The summed E-state index contributed by atoms with van der Waals surface area (Å²) in [5.74, 6) is -0.590. The SMILES string of the molecule is CC(C)OC(=O)N[C@@H]1CC[C@@H](c2ncc(-c3ccc(NC(=O)NC(=O)c4ccccc4)cc3S(=O)(=O)NC(C)(C)C)s2)NC1. The lowest BCUT2D eigenvalue weighted by molar-refractivity contribution is 0.0966. The Morgan fingerprint density at radius 3 is 2.43 bits per heavy atom. The fourth-order valence-corrected chi connectivity index (χ4v) is 7.39. The first kappa shape index (κ1) is 33.1. The molecule has 0 unspecified atom stereocenters. The van der Waals surface area contributed by atoms with Crippen molar-refractivity contribution in [2.45, 2.75) is 76.1 Å². The molecule has 2 heterocycles. The van der Waals surface area contributed by atoms with Crippen molar-refractivity contribution in [1.29, 1.82) is 0 Å². The Balaban J connectivity index is 1.52. The summed E-state index contributed by atoms with van der Waals surface area (Å²) < 4.78 is 35.0. The summed E-state index contributed by atoms with van der Waals surface area (Å²) in [6, 6.07) is 11.9. The molecule has 2 atom stereocenters. The van der Waals surface area contributed by atoms with Crippen molar-refractivity contribution in [3.8, 4) is 10.4 Å². The van der Waals surface area contributed by atoms with Crippen LogP contribution in [0.3, 0.4) is 0 Å². The van der Waals surface area contributed by atoms with Crippen molar-refractivity contribution < 1.29 is 27.5 Å². The number of carbonyl (C=O) groups is 3. The third-order valence-electron chi connectivity index (χ3n) is 6.40. The van der Waals surface area contributed by atoms with Crippen molar-refractivity contribution in [3.05, 3.63) is 65.3 Å². The molecule has 4 amide bonds. The van der Waals surface area contributed by atoms with E-state index >= 15 is 0 Å². The zero-order chi connectivity index (χ0) is 32.1. The van der Waals surface area contributed by atoms with Crippen molar-refractivity contribution in [2.75, 3.05) is 11.9 Å². The molecule has 12 nitrogen and oxygen atoms in total. The van der Waals surface area contributed by atoms with Gasteiger partial charge in [0.25, 0.3) is 5.91 Å². The third-order valence-corrected chi connectivity index (χ3v) is 9.34. The Hall–Kier alpha value is -3.85. The topological polar surface area (TPSA) is 168 Å². The number of aromatic nitrogens is 1. The fraction of sp³-hybridized carbons (Fsp3) is 0.400. The van der Waals surface area contributed by atoms with Gasteiger partial charge in [-0.2, -0.15) is 0 Å². The smallest absolute Gasteiger partial charge is 0.407 e. The van der Waals surface area contributed by atoms with E-state index in [4.69, 9.17) is 4.74 Å². The molecule has 0 bridgehead atoms. The number of benzene rings is 2. The molecule has 44 heavy (non-hydrogen) atoms. The molecule has 2 aromatic carbocycles. The molecule has 3 aromatic rings. The lowest BCUT2D eigenvalue weighted by atomic mass is 10.0. The van der Waals surface area contributed by atoms with Crippen molar-refractivity contribution in [3.63, 3.8) is 0 Å².